The number of sulfone groups is 1. The average Bonchev–Trinajstić information content (AvgIpc) is 2.94. The van der Waals surface area contributed by atoms with Gasteiger partial charge in [0.2, 0.25) is 15.7 Å². The summed E-state index contributed by atoms with van der Waals surface area (Å²) < 4.78 is 72.9. The van der Waals surface area contributed by atoms with Gasteiger partial charge in [0.25, 0.3) is 10.0 Å². The van der Waals surface area contributed by atoms with Gasteiger partial charge in [-0.05, 0) is 91.9 Å². The van der Waals surface area contributed by atoms with Gasteiger partial charge in [-0.2, -0.15) is 0 Å². The third-order valence-electron chi connectivity index (χ3n) is 5.66. The molecule has 13 heteroatoms. The lowest BCUT2D eigenvalue weighted by molar-refractivity contribution is -0.114. The van der Waals surface area contributed by atoms with Crippen molar-refractivity contribution in [2.45, 2.75) is 21.6 Å². The Bertz CT molecular complexity index is 1750. The topological polar surface area (TPSA) is 131 Å². The molecule has 1 amide bonds. The molecule has 4 aromatic rings. The van der Waals surface area contributed by atoms with Crippen LogP contribution >= 0.6 is 11.6 Å². The number of amides is 1. The Morgan fingerprint density at radius 3 is 2.07 bits per heavy atom. The molecular weight excluding hydrogens is 593 g/mol. The summed E-state index contributed by atoms with van der Waals surface area (Å²) in [5, 5.41) is 5.86. The van der Waals surface area contributed by atoms with Crippen molar-refractivity contribution in [1.82, 2.24) is 0 Å². The van der Waals surface area contributed by atoms with Crippen molar-refractivity contribution < 1.29 is 30.8 Å². The zero-order valence-electron chi connectivity index (χ0n) is 21.6. The zero-order chi connectivity index (χ0) is 29.6. The van der Waals surface area contributed by atoms with Gasteiger partial charge >= 0.3 is 0 Å². The summed E-state index contributed by atoms with van der Waals surface area (Å²) in [4.78, 5) is 12.5. The lowest BCUT2D eigenvalue weighted by Crippen LogP contribution is -2.22. The second-order valence-corrected chi connectivity index (χ2v) is 12.6. The number of halogens is 2. The Kier molecular flexibility index (Phi) is 9.16. The highest BCUT2D eigenvalue weighted by Gasteiger charge is 2.23. The molecule has 4 rings (SSSR count). The summed E-state index contributed by atoms with van der Waals surface area (Å²) in [6.07, 6.45) is 0. The largest absolute Gasteiger partial charge is 0.494 e. The van der Waals surface area contributed by atoms with Crippen LogP contribution in [-0.4, -0.2) is 35.9 Å². The summed E-state index contributed by atoms with van der Waals surface area (Å²) in [5.74, 6) is -0.655. The van der Waals surface area contributed by atoms with Crippen molar-refractivity contribution in [3.05, 3.63) is 102 Å². The fraction of sp³-hybridized carbons (Fsp3) is 0.107. The highest BCUT2D eigenvalue weighted by atomic mass is 35.5. The highest BCUT2D eigenvalue weighted by molar-refractivity contribution is 7.92. The fourth-order valence-corrected chi connectivity index (χ4v) is 6.33. The quantitative estimate of drug-likeness (QED) is 0.201. The summed E-state index contributed by atoms with van der Waals surface area (Å²) in [6, 6.07) is 20.5. The Morgan fingerprint density at radius 2 is 1.44 bits per heavy atom. The van der Waals surface area contributed by atoms with Gasteiger partial charge < -0.3 is 15.4 Å². The maximum atomic E-state index is 13.4. The SMILES string of the molecule is CCOc1ccc(NCC(=O)Nc2ccc(S(=O)(=O)Nc3ccc(F)cc3)cc2)c(S(=O)(=O)c2ccc(Cl)cc2)c1. The van der Waals surface area contributed by atoms with Gasteiger partial charge in [-0.15, -0.1) is 0 Å². The van der Waals surface area contributed by atoms with Crippen LogP contribution < -0.4 is 20.1 Å². The minimum absolute atomic E-state index is 0.0204. The molecule has 0 aliphatic carbocycles. The lowest BCUT2D eigenvalue weighted by atomic mass is 10.3. The summed E-state index contributed by atoms with van der Waals surface area (Å²) >= 11 is 5.91. The van der Waals surface area contributed by atoms with Crippen LogP contribution in [-0.2, 0) is 24.7 Å². The Labute approximate surface area is 242 Å². The van der Waals surface area contributed by atoms with E-state index in [0.717, 1.165) is 12.1 Å². The molecule has 9 nitrogen and oxygen atoms in total. The van der Waals surface area contributed by atoms with Crippen LogP contribution in [0.5, 0.6) is 5.75 Å². The van der Waals surface area contributed by atoms with Crippen LogP contribution in [0.4, 0.5) is 21.5 Å². The molecule has 214 valence electrons. The van der Waals surface area contributed by atoms with E-state index in [1.807, 2.05) is 0 Å². The van der Waals surface area contributed by atoms with E-state index in [4.69, 9.17) is 16.3 Å². The minimum atomic E-state index is -3.99. The minimum Gasteiger partial charge on any atom is -0.494 e. The van der Waals surface area contributed by atoms with Gasteiger partial charge in [-0.25, -0.2) is 21.2 Å². The highest BCUT2D eigenvalue weighted by Crippen LogP contribution is 2.32. The lowest BCUT2D eigenvalue weighted by Gasteiger charge is -2.15. The predicted octanol–water partition coefficient (Wildman–Crippen LogP) is 5.56. The van der Waals surface area contributed by atoms with Gasteiger partial charge in [0.15, 0.2) is 0 Å². The summed E-state index contributed by atoms with van der Waals surface area (Å²) in [7, 11) is -7.93. The van der Waals surface area contributed by atoms with E-state index in [9.17, 15) is 26.0 Å². The molecule has 0 radical (unpaired) electrons. The van der Waals surface area contributed by atoms with Crippen LogP contribution in [0.15, 0.2) is 106 Å². The monoisotopic (exact) mass is 617 g/mol. The first-order valence-electron chi connectivity index (χ1n) is 12.2. The van der Waals surface area contributed by atoms with Gasteiger partial charge in [0, 0.05) is 22.5 Å². The predicted molar refractivity (Wildman–Crippen MR) is 155 cm³/mol. The number of rotatable bonds is 11. The number of nitrogens with one attached hydrogen (secondary N) is 3. The first kappa shape index (κ1) is 29.8. The van der Waals surface area contributed by atoms with Crippen LogP contribution in [0.3, 0.4) is 0 Å². The second-order valence-electron chi connectivity index (χ2n) is 8.59. The molecule has 0 bridgehead atoms. The van der Waals surface area contributed by atoms with Gasteiger partial charge in [-0.3, -0.25) is 9.52 Å². The molecule has 0 aromatic heterocycles. The molecular formula is C28H25ClFN3O6S2. The molecule has 0 saturated heterocycles. The number of hydrogen-bond donors (Lipinski definition) is 3. The van der Waals surface area contributed by atoms with E-state index in [2.05, 4.69) is 15.4 Å². The van der Waals surface area contributed by atoms with E-state index in [1.165, 1.54) is 72.8 Å². The van der Waals surface area contributed by atoms with Crippen LogP contribution in [0.25, 0.3) is 0 Å². The average molecular weight is 618 g/mol. The molecule has 0 unspecified atom stereocenters. The Hall–Kier alpha value is -4.13. The molecule has 0 fully saturated rings. The molecule has 0 aliphatic heterocycles. The van der Waals surface area contributed by atoms with Crippen molar-refractivity contribution >= 4 is 54.4 Å². The van der Waals surface area contributed by atoms with Gasteiger partial charge in [0.05, 0.1) is 33.5 Å². The second kappa shape index (κ2) is 12.6. The van der Waals surface area contributed by atoms with Crippen LogP contribution in [0.2, 0.25) is 5.02 Å². The molecule has 0 aliphatic rings. The molecule has 0 spiro atoms. The van der Waals surface area contributed by atoms with E-state index in [0.29, 0.717) is 23.1 Å². The standard InChI is InChI=1S/C28H25ClFN3O6S2/c1-2-39-23-11-16-26(27(17-23)40(35,36)24-12-3-19(29)4-13-24)31-18-28(34)32-21-9-14-25(15-10-21)41(37,38)33-22-7-5-20(30)6-8-22/h3-17,31,33H,2,18H2,1H3,(H,32,34). The Balaban J connectivity index is 1.45. The smallest absolute Gasteiger partial charge is 0.261 e. The normalized spacial score (nSPS) is 11.5. The van der Waals surface area contributed by atoms with Gasteiger partial charge in [0.1, 0.15) is 11.6 Å². The molecule has 0 saturated carbocycles. The third kappa shape index (κ3) is 7.54. The Morgan fingerprint density at radius 1 is 0.829 bits per heavy atom. The van der Waals surface area contributed by atoms with E-state index in [-0.39, 0.29) is 32.6 Å². The van der Waals surface area contributed by atoms with Crippen molar-refractivity contribution in [2.75, 3.05) is 28.5 Å². The molecule has 41 heavy (non-hydrogen) atoms. The third-order valence-corrected chi connectivity index (χ3v) is 9.12. The number of hydrogen-bond acceptors (Lipinski definition) is 7. The maximum absolute atomic E-state index is 13.4. The molecule has 0 atom stereocenters. The number of carbonyl (C=O) groups is 1. The van der Waals surface area contributed by atoms with E-state index in [1.54, 1.807) is 13.0 Å². The number of carbonyl (C=O) groups excluding carboxylic acids is 1. The number of sulfonamides is 1. The van der Waals surface area contributed by atoms with Gasteiger partial charge in [-0.1, -0.05) is 11.6 Å². The van der Waals surface area contributed by atoms with E-state index >= 15 is 0 Å². The van der Waals surface area contributed by atoms with Crippen molar-refractivity contribution in [1.29, 1.82) is 0 Å². The molecule has 4 aromatic carbocycles. The number of anilines is 3. The van der Waals surface area contributed by atoms with Crippen LogP contribution in [0, 0.1) is 5.82 Å². The van der Waals surface area contributed by atoms with Crippen molar-refractivity contribution in [3.63, 3.8) is 0 Å². The number of benzene rings is 4. The van der Waals surface area contributed by atoms with Crippen molar-refractivity contribution in [2.24, 2.45) is 0 Å². The zero-order valence-corrected chi connectivity index (χ0v) is 24.0. The molecule has 3 N–H and O–H groups in total. The molecule has 0 heterocycles. The number of ether oxygens (including phenoxy) is 1. The summed E-state index contributed by atoms with van der Waals surface area (Å²) in [6.45, 7) is 1.81. The van der Waals surface area contributed by atoms with Crippen molar-refractivity contribution in [3.8, 4) is 5.75 Å². The van der Waals surface area contributed by atoms with Crippen LogP contribution in [0.1, 0.15) is 6.92 Å². The first-order chi connectivity index (χ1) is 19.5. The summed E-state index contributed by atoms with van der Waals surface area (Å²) in [5.41, 5.74) is 0.701. The maximum Gasteiger partial charge on any atom is 0.261 e. The fourth-order valence-electron chi connectivity index (χ4n) is 3.70. The van der Waals surface area contributed by atoms with E-state index < -0.39 is 31.6 Å². The first-order valence-corrected chi connectivity index (χ1v) is 15.5.